The Labute approximate surface area is 143 Å². The summed E-state index contributed by atoms with van der Waals surface area (Å²) in [6, 6.07) is 5.93. The number of allylic oxidation sites excluding steroid dienone is 3. The van der Waals surface area contributed by atoms with Crippen molar-refractivity contribution in [2.45, 2.75) is 45.1 Å². The predicted molar refractivity (Wildman–Crippen MR) is 95.3 cm³/mol. The van der Waals surface area contributed by atoms with Crippen LogP contribution in [0.3, 0.4) is 0 Å². The molecule has 2 aliphatic carbocycles. The van der Waals surface area contributed by atoms with Crippen molar-refractivity contribution in [1.82, 2.24) is 0 Å². The van der Waals surface area contributed by atoms with E-state index in [4.69, 9.17) is 4.74 Å². The molecule has 0 spiro atoms. The average Bonchev–Trinajstić information content (AvgIpc) is 2.79. The van der Waals surface area contributed by atoms with Gasteiger partial charge in [-0.1, -0.05) is 36.8 Å². The number of anilines is 1. The van der Waals surface area contributed by atoms with Gasteiger partial charge >= 0.3 is 6.09 Å². The lowest BCUT2D eigenvalue weighted by Gasteiger charge is -2.23. The molecule has 2 N–H and O–H groups in total. The normalized spacial score (nSPS) is 24.9. The zero-order chi connectivity index (χ0) is 17.5. The Morgan fingerprint density at radius 3 is 2.71 bits per heavy atom. The monoisotopic (exact) mass is 327 g/mol. The molecule has 1 aromatic rings. The molecule has 128 valence electrons. The van der Waals surface area contributed by atoms with E-state index < -0.39 is 11.7 Å². The highest BCUT2D eigenvalue weighted by atomic mass is 16.6. The first-order valence-electron chi connectivity index (χ1n) is 8.43. The third-order valence-electron chi connectivity index (χ3n) is 4.62. The number of hydrogen-bond acceptors (Lipinski definition) is 3. The van der Waals surface area contributed by atoms with E-state index in [-0.39, 0.29) is 12.5 Å². The number of rotatable bonds is 2. The summed E-state index contributed by atoms with van der Waals surface area (Å²) in [7, 11) is 0. The van der Waals surface area contributed by atoms with Crippen molar-refractivity contribution in [3.63, 3.8) is 0 Å². The molecular weight excluding hydrogens is 302 g/mol. The number of amides is 1. The van der Waals surface area contributed by atoms with Crippen LogP contribution in [0.1, 0.15) is 50.7 Å². The van der Waals surface area contributed by atoms with Crippen LogP contribution in [0.15, 0.2) is 42.0 Å². The smallest absolute Gasteiger partial charge is 0.412 e. The molecule has 1 aromatic carbocycles. The van der Waals surface area contributed by atoms with Crippen molar-refractivity contribution in [1.29, 1.82) is 0 Å². The maximum atomic E-state index is 12.0. The first kappa shape index (κ1) is 16.8. The second-order valence-corrected chi connectivity index (χ2v) is 7.59. The molecule has 0 aliphatic heterocycles. The number of carbonyl (C=O) groups excluding carboxylic acids is 1. The third-order valence-corrected chi connectivity index (χ3v) is 4.62. The summed E-state index contributed by atoms with van der Waals surface area (Å²) >= 11 is 0. The third kappa shape index (κ3) is 3.11. The van der Waals surface area contributed by atoms with E-state index in [2.05, 4.69) is 36.5 Å². The highest BCUT2D eigenvalue weighted by Crippen LogP contribution is 2.51. The van der Waals surface area contributed by atoms with E-state index in [0.29, 0.717) is 17.5 Å². The summed E-state index contributed by atoms with van der Waals surface area (Å²) in [6.07, 6.45) is 5.93. The van der Waals surface area contributed by atoms with Crippen LogP contribution in [0.25, 0.3) is 0 Å². The van der Waals surface area contributed by atoms with Crippen molar-refractivity contribution in [2.75, 3.05) is 11.9 Å². The topological polar surface area (TPSA) is 58.6 Å². The van der Waals surface area contributed by atoms with Crippen LogP contribution < -0.4 is 5.32 Å². The van der Waals surface area contributed by atoms with Crippen LogP contribution in [0.2, 0.25) is 0 Å². The molecule has 0 aromatic heterocycles. The Hall–Kier alpha value is -2.07. The van der Waals surface area contributed by atoms with Gasteiger partial charge in [-0.2, -0.15) is 0 Å². The van der Waals surface area contributed by atoms with Gasteiger partial charge in [0.15, 0.2) is 0 Å². The molecule has 0 bridgehead atoms. The summed E-state index contributed by atoms with van der Waals surface area (Å²) in [5, 5.41) is 12.7. The van der Waals surface area contributed by atoms with Crippen LogP contribution in [0.4, 0.5) is 10.5 Å². The minimum atomic E-state index is -0.532. The van der Waals surface area contributed by atoms with E-state index in [0.717, 1.165) is 5.56 Å². The first-order chi connectivity index (χ1) is 11.3. The highest BCUT2D eigenvalue weighted by Gasteiger charge is 2.38. The average molecular weight is 327 g/mol. The van der Waals surface area contributed by atoms with E-state index in [1.54, 1.807) is 0 Å². The van der Waals surface area contributed by atoms with Crippen molar-refractivity contribution in [2.24, 2.45) is 5.92 Å². The Kier molecular flexibility index (Phi) is 4.26. The summed E-state index contributed by atoms with van der Waals surface area (Å²) < 4.78 is 5.31. The van der Waals surface area contributed by atoms with Crippen molar-refractivity contribution in [3.05, 3.63) is 53.1 Å². The molecule has 0 saturated heterocycles. The van der Waals surface area contributed by atoms with E-state index in [1.165, 1.54) is 11.1 Å². The van der Waals surface area contributed by atoms with Gasteiger partial charge in [0, 0.05) is 17.5 Å². The molecule has 4 nitrogen and oxygen atoms in total. The molecule has 4 heteroatoms. The molecule has 24 heavy (non-hydrogen) atoms. The number of ether oxygens (including phenoxy) is 1. The van der Waals surface area contributed by atoms with E-state index in [1.807, 2.05) is 32.9 Å². The Morgan fingerprint density at radius 2 is 2.04 bits per heavy atom. The maximum Gasteiger partial charge on any atom is 0.412 e. The standard InChI is InChI=1S/C20H25NO3/c1-12-6-5-7-14-17(11-22)16-10-13(8-9-15(16)18(12)14)21-19(23)24-20(2,3)4/h5-10,12,17-18,22H,11H2,1-4H3,(H,21,23). The zero-order valence-corrected chi connectivity index (χ0v) is 14.7. The van der Waals surface area contributed by atoms with Crippen LogP contribution in [-0.2, 0) is 4.74 Å². The fraction of sp³-hybridized carbons (Fsp3) is 0.450. The first-order valence-corrected chi connectivity index (χ1v) is 8.43. The van der Waals surface area contributed by atoms with Crippen molar-refractivity contribution >= 4 is 11.8 Å². The fourth-order valence-corrected chi connectivity index (χ4v) is 3.70. The van der Waals surface area contributed by atoms with Crippen LogP contribution in [-0.4, -0.2) is 23.4 Å². The number of carbonyl (C=O) groups is 1. The van der Waals surface area contributed by atoms with Gasteiger partial charge in [0.2, 0.25) is 0 Å². The highest BCUT2D eigenvalue weighted by molar-refractivity contribution is 5.85. The van der Waals surface area contributed by atoms with Crippen LogP contribution >= 0.6 is 0 Å². The summed E-state index contributed by atoms with van der Waals surface area (Å²) in [6.45, 7) is 7.78. The molecule has 3 unspecified atom stereocenters. The predicted octanol–water partition coefficient (Wildman–Crippen LogP) is 4.34. The Balaban J connectivity index is 1.88. The maximum absolute atomic E-state index is 12.0. The van der Waals surface area contributed by atoms with Gasteiger partial charge in [0.25, 0.3) is 0 Å². The largest absolute Gasteiger partial charge is 0.444 e. The lowest BCUT2D eigenvalue weighted by atomic mass is 9.81. The summed E-state index contributed by atoms with van der Waals surface area (Å²) in [5.74, 6) is 0.723. The van der Waals surface area contributed by atoms with Crippen molar-refractivity contribution < 1.29 is 14.6 Å². The van der Waals surface area contributed by atoms with Crippen LogP contribution in [0, 0.1) is 5.92 Å². The molecule has 3 atom stereocenters. The van der Waals surface area contributed by atoms with Crippen LogP contribution in [0.5, 0.6) is 0 Å². The minimum Gasteiger partial charge on any atom is -0.444 e. The number of hydrogen-bond donors (Lipinski definition) is 2. The molecule has 2 aliphatic rings. The van der Waals surface area contributed by atoms with Gasteiger partial charge in [-0.3, -0.25) is 5.32 Å². The van der Waals surface area contributed by atoms with Gasteiger partial charge in [-0.15, -0.1) is 0 Å². The van der Waals surface area contributed by atoms with Gasteiger partial charge < -0.3 is 9.84 Å². The van der Waals surface area contributed by atoms with Crippen molar-refractivity contribution in [3.8, 4) is 0 Å². The number of benzene rings is 1. The number of nitrogens with one attached hydrogen (secondary N) is 1. The van der Waals surface area contributed by atoms with Gasteiger partial charge in [-0.05, 0) is 49.9 Å². The molecule has 3 rings (SSSR count). The molecule has 0 heterocycles. The lowest BCUT2D eigenvalue weighted by molar-refractivity contribution is 0.0636. The van der Waals surface area contributed by atoms with Gasteiger partial charge in [0.1, 0.15) is 5.60 Å². The van der Waals surface area contributed by atoms with Gasteiger partial charge in [0.05, 0.1) is 6.61 Å². The SMILES string of the molecule is CC1C=CC=C2C(CO)c3cc(NC(=O)OC(C)(C)C)ccc3C21. The second kappa shape index (κ2) is 6.10. The molecule has 1 amide bonds. The number of fused-ring (bicyclic) bond motifs is 3. The molecule has 0 radical (unpaired) electrons. The van der Waals surface area contributed by atoms with E-state index >= 15 is 0 Å². The Bertz CT molecular complexity index is 712. The lowest BCUT2D eigenvalue weighted by Crippen LogP contribution is -2.27. The number of aliphatic hydroxyl groups excluding tert-OH is 1. The quantitative estimate of drug-likeness (QED) is 0.849. The zero-order valence-electron chi connectivity index (χ0n) is 14.7. The number of aliphatic hydroxyl groups is 1. The molecular formula is C20H25NO3. The van der Waals surface area contributed by atoms with Gasteiger partial charge in [-0.25, -0.2) is 4.79 Å². The second-order valence-electron chi connectivity index (χ2n) is 7.59. The molecule has 0 saturated carbocycles. The van der Waals surface area contributed by atoms with E-state index in [9.17, 15) is 9.90 Å². The Morgan fingerprint density at radius 1 is 1.29 bits per heavy atom. The summed E-state index contributed by atoms with van der Waals surface area (Å²) in [5.41, 5.74) is 3.76. The minimum absolute atomic E-state index is 0.00205. The fourth-order valence-electron chi connectivity index (χ4n) is 3.70. The molecule has 0 fully saturated rings. The summed E-state index contributed by atoms with van der Waals surface area (Å²) in [4.78, 5) is 12.0.